The fraction of sp³-hybridized carbons (Fsp3) is 0.833. The number of rotatable bonds is 8. The number of nitrogens with zero attached hydrogens (tertiary/aromatic N) is 1. The second-order valence-electron chi connectivity index (χ2n) is 3.93. The van der Waals surface area contributed by atoms with Gasteiger partial charge in [-0.2, -0.15) is 0 Å². The van der Waals surface area contributed by atoms with Gasteiger partial charge in [0, 0.05) is 12.6 Å². The number of carbonyl (C=O) groups is 2. The van der Waals surface area contributed by atoms with E-state index in [1.54, 1.807) is 6.92 Å². The van der Waals surface area contributed by atoms with Crippen LogP contribution >= 0.6 is 0 Å². The summed E-state index contributed by atoms with van der Waals surface area (Å²) in [4.78, 5) is 24.6. The number of hydrogen-bond acceptors (Lipinski definition) is 5. The number of imide groups is 1. The van der Waals surface area contributed by atoms with Crippen molar-refractivity contribution < 1.29 is 19.4 Å². The average molecular weight is 260 g/mol. The van der Waals surface area contributed by atoms with Gasteiger partial charge in [-0.3, -0.25) is 15.0 Å². The van der Waals surface area contributed by atoms with Crippen LogP contribution in [0.3, 0.4) is 0 Å². The summed E-state index contributed by atoms with van der Waals surface area (Å²) in [5, 5.41) is 11.1. The van der Waals surface area contributed by atoms with Crippen LogP contribution in [-0.4, -0.2) is 54.4 Å². The second kappa shape index (κ2) is 9.85. The summed E-state index contributed by atoms with van der Waals surface area (Å²) in [6.07, 6.45) is 1.06. The highest BCUT2D eigenvalue weighted by atomic mass is 16.5. The Balaban J connectivity index is 4.30. The van der Waals surface area contributed by atoms with Gasteiger partial charge >= 0.3 is 6.09 Å². The molecule has 0 unspecified atom stereocenters. The molecule has 18 heavy (non-hydrogen) atoms. The Kier molecular flexibility index (Phi) is 9.22. The molecular weight excluding hydrogens is 236 g/mol. The third kappa shape index (κ3) is 6.56. The van der Waals surface area contributed by atoms with E-state index in [0.29, 0.717) is 6.54 Å². The van der Waals surface area contributed by atoms with Gasteiger partial charge in [-0.25, -0.2) is 4.79 Å². The quantitative estimate of drug-likeness (QED) is 0.673. The van der Waals surface area contributed by atoms with E-state index < -0.39 is 12.0 Å². The van der Waals surface area contributed by atoms with Gasteiger partial charge in [0.1, 0.15) is 0 Å². The van der Waals surface area contributed by atoms with Gasteiger partial charge in [-0.1, -0.05) is 13.8 Å². The summed E-state index contributed by atoms with van der Waals surface area (Å²) in [7, 11) is 0. The summed E-state index contributed by atoms with van der Waals surface area (Å²) in [6, 6.07) is 0.227. The zero-order valence-electron chi connectivity index (χ0n) is 11.4. The maximum atomic E-state index is 11.6. The van der Waals surface area contributed by atoms with Gasteiger partial charge in [0.2, 0.25) is 5.91 Å². The van der Waals surface area contributed by atoms with E-state index in [1.807, 2.05) is 18.7 Å². The lowest BCUT2D eigenvalue weighted by atomic mass is 10.1. The van der Waals surface area contributed by atoms with Crippen LogP contribution in [0, 0.1) is 0 Å². The zero-order chi connectivity index (χ0) is 14.0. The summed E-state index contributed by atoms with van der Waals surface area (Å²) < 4.78 is 4.63. The normalized spacial score (nSPS) is 10.8. The lowest BCUT2D eigenvalue weighted by Crippen LogP contribution is -2.45. The van der Waals surface area contributed by atoms with Crippen molar-refractivity contribution in [2.45, 2.75) is 39.7 Å². The van der Waals surface area contributed by atoms with Crippen molar-refractivity contribution in [2.75, 3.05) is 26.3 Å². The van der Waals surface area contributed by atoms with Crippen LogP contribution in [0.2, 0.25) is 0 Å². The first-order valence-corrected chi connectivity index (χ1v) is 6.40. The number of amides is 2. The number of carbonyl (C=O) groups excluding carboxylic acids is 2. The molecule has 0 radical (unpaired) electrons. The lowest BCUT2D eigenvalue weighted by molar-refractivity contribution is -0.122. The highest BCUT2D eigenvalue weighted by Gasteiger charge is 2.19. The molecule has 0 bridgehead atoms. The third-order valence-corrected chi connectivity index (χ3v) is 2.71. The van der Waals surface area contributed by atoms with E-state index in [9.17, 15) is 9.59 Å². The predicted octanol–water partition coefficient (Wildman–Crippen LogP) is 0.742. The fourth-order valence-corrected chi connectivity index (χ4v) is 1.83. The molecule has 0 fully saturated rings. The Morgan fingerprint density at radius 2 is 1.89 bits per heavy atom. The zero-order valence-corrected chi connectivity index (χ0v) is 11.4. The van der Waals surface area contributed by atoms with Crippen molar-refractivity contribution in [1.29, 1.82) is 0 Å². The van der Waals surface area contributed by atoms with E-state index in [4.69, 9.17) is 5.11 Å². The van der Waals surface area contributed by atoms with Gasteiger partial charge in [0.15, 0.2) is 0 Å². The Hall–Kier alpha value is -1.14. The van der Waals surface area contributed by atoms with Crippen LogP contribution < -0.4 is 5.32 Å². The highest BCUT2D eigenvalue weighted by Crippen LogP contribution is 2.07. The first-order valence-electron chi connectivity index (χ1n) is 6.40. The minimum Gasteiger partial charge on any atom is -0.450 e. The first kappa shape index (κ1) is 16.9. The van der Waals surface area contributed by atoms with Crippen molar-refractivity contribution >= 4 is 12.0 Å². The molecule has 6 heteroatoms. The van der Waals surface area contributed by atoms with Gasteiger partial charge in [0.05, 0.1) is 19.8 Å². The maximum absolute atomic E-state index is 11.6. The van der Waals surface area contributed by atoms with E-state index in [-0.39, 0.29) is 25.8 Å². The van der Waals surface area contributed by atoms with Crippen molar-refractivity contribution in [2.24, 2.45) is 0 Å². The van der Waals surface area contributed by atoms with Crippen LogP contribution in [-0.2, 0) is 9.53 Å². The Labute approximate surface area is 108 Å². The van der Waals surface area contributed by atoms with E-state index in [2.05, 4.69) is 10.1 Å². The van der Waals surface area contributed by atoms with Gasteiger partial charge < -0.3 is 9.84 Å². The number of aliphatic hydroxyl groups excluding tert-OH is 1. The molecule has 0 aliphatic carbocycles. The topological polar surface area (TPSA) is 78.9 Å². The molecule has 2 amide bonds. The first-order chi connectivity index (χ1) is 8.58. The van der Waals surface area contributed by atoms with Crippen LogP contribution in [0.25, 0.3) is 0 Å². The molecule has 0 aromatic carbocycles. The van der Waals surface area contributed by atoms with Gasteiger partial charge in [-0.15, -0.1) is 0 Å². The molecular formula is C12H24N2O4. The summed E-state index contributed by atoms with van der Waals surface area (Å²) in [5.74, 6) is -0.409. The molecule has 0 saturated heterocycles. The average Bonchev–Trinajstić information content (AvgIpc) is 2.30. The van der Waals surface area contributed by atoms with Crippen molar-refractivity contribution in [1.82, 2.24) is 10.2 Å². The number of aliphatic hydroxyl groups is 1. The SMILES string of the molecule is CCOC(=O)NC(=O)CN(CCO)C(CC)CC. The van der Waals surface area contributed by atoms with Gasteiger partial charge in [0.25, 0.3) is 0 Å². The van der Waals surface area contributed by atoms with Crippen molar-refractivity contribution in [3.63, 3.8) is 0 Å². The molecule has 106 valence electrons. The second-order valence-corrected chi connectivity index (χ2v) is 3.93. The lowest BCUT2D eigenvalue weighted by Gasteiger charge is -2.28. The third-order valence-electron chi connectivity index (χ3n) is 2.71. The van der Waals surface area contributed by atoms with Crippen LogP contribution in [0.15, 0.2) is 0 Å². The summed E-state index contributed by atoms with van der Waals surface area (Å²) in [5.41, 5.74) is 0. The number of ether oxygens (including phenoxy) is 1. The fourth-order valence-electron chi connectivity index (χ4n) is 1.83. The maximum Gasteiger partial charge on any atom is 0.413 e. The molecule has 0 aromatic rings. The molecule has 0 rings (SSSR count). The molecule has 0 heterocycles. The summed E-state index contributed by atoms with van der Waals surface area (Å²) in [6.45, 7) is 6.46. The molecule has 0 spiro atoms. The van der Waals surface area contributed by atoms with Crippen LogP contribution in [0.5, 0.6) is 0 Å². The van der Waals surface area contributed by atoms with E-state index >= 15 is 0 Å². The number of nitrogens with one attached hydrogen (secondary N) is 1. The Morgan fingerprint density at radius 3 is 2.33 bits per heavy atom. The van der Waals surface area contributed by atoms with Crippen molar-refractivity contribution in [3.05, 3.63) is 0 Å². The van der Waals surface area contributed by atoms with E-state index in [0.717, 1.165) is 12.8 Å². The van der Waals surface area contributed by atoms with E-state index in [1.165, 1.54) is 0 Å². The molecule has 0 saturated carbocycles. The highest BCUT2D eigenvalue weighted by molar-refractivity contribution is 5.92. The van der Waals surface area contributed by atoms with Crippen LogP contribution in [0.4, 0.5) is 4.79 Å². The standard InChI is InChI=1S/C12H24N2O4/c1-4-10(5-2)14(7-8-15)9-11(16)13-12(17)18-6-3/h10,15H,4-9H2,1-3H3,(H,13,16,17). The molecule has 0 aromatic heterocycles. The largest absolute Gasteiger partial charge is 0.450 e. The van der Waals surface area contributed by atoms with Gasteiger partial charge in [-0.05, 0) is 19.8 Å². The molecule has 0 aliphatic rings. The molecule has 0 aliphatic heterocycles. The summed E-state index contributed by atoms with van der Waals surface area (Å²) >= 11 is 0. The predicted molar refractivity (Wildman–Crippen MR) is 68.2 cm³/mol. The smallest absolute Gasteiger partial charge is 0.413 e. The monoisotopic (exact) mass is 260 g/mol. The molecule has 2 N–H and O–H groups in total. The van der Waals surface area contributed by atoms with Crippen molar-refractivity contribution in [3.8, 4) is 0 Å². The number of alkyl carbamates (subject to hydrolysis) is 1. The molecule has 6 nitrogen and oxygen atoms in total. The Morgan fingerprint density at radius 1 is 1.28 bits per heavy atom. The minimum absolute atomic E-state index is 0.0107. The Bertz CT molecular complexity index is 254. The molecule has 0 atom stereocenters. The van der Waals surface area contributed by atoms with Crippen LogP contribution in [0.1, 0.15) is 33.6 Å². The minimum atomic E-state index is -0.726. The number of hydrogen-bond donors (Lipinski definition) is 2.